The molecule has 1 amide bonds. The van der Waals surface area contributed by atoms with Gasteiger partial charge in [-0.3, -0.25) is 14.6 Å². The quantitative estimate of drug-likeness (QED) is 0.284. The highest BCUT2D eigenvalue weighted by molar-refractivity contribution is 9.10. The van der Waals surface area contributed by atoms with Crippen molar-refractivity contribution in [2.75, 3.05) is 25.4 Å². The second kappa shape index (κ2) is 9.79. The number of rotatable bonds is 5. The summed E-state index contributed by atoms with van der Waals surface area (Å²) in [6.07, 6.45) is 0.976. The number of amides is 1. The third-order valence-corrected chi connectivity index (χ3v) is 6.97. The predicted molar refractivity (Wildman–Crippen MR) is 141 cm³/mol. The highest BCUT2D eigenvalue weighted by Crippen LogP contribution is 2.44. The number of methoxy groups -OCH3 is 2. The SMILES string of the molecule is COc1cc(Br)cc([C@@H]2N(C(=O)c3ccccc3)c3ccccc3-c3c(=O)[nH]c(SC)n[n+]32)c1OC. The standard InChI is InChI=1S/C26H21BrN4O4S/c1-34-20-14-16(27)13-18(22(20)35-2)24-30(25(33)15-9-5-4-6-10-15)19-12-8-7-11-17(19)21-23(32)28-26(36-3)29-31(21)24/h4-14,24H,1-3H3/p+1/t24-/m1/s1. The number of aromatic nitrogens is 3. The fourth-order valence-electron chi connectivity index (χ4n) is 4.43. The van der Waals surface area contributed by atoms with Crippen LogP contribution in [0, 0.1) is 0 Å². The molecule has 0 unspecified atom stereocenters. The topological polar surface area (TPSA) is 88.4 Å². The summed E-state index contributed by atoms with van der Waals surface area (Å²) in [4.78, 5) is 32.0. The number of hydrogen-bond acceptors (Lipinski definition) is 6. The number of ether oxygens (including phenoxy) is 2. The van der Waals surface area contributed by atoms with E-state index >= 15 is 0 Å². The molecule has 0 saturated heterocycles. The number of anilines is 1. The van der Waals surface area contributed by atoms with E-state index in [9.17, 15) is 9.59 Å². The van der Waals surface area contributed by atoms with E-state index in [-0.39, 0.29) is 11.5 Å². The Balaban J connectivity index is 1.90. The Morgan fingerprint density at radius 2 is 1.81 bits per heavy atom. The number of carbonyl (C=O) groups excluding carboxylic acids is 1. The first-order chi connectivity index (χ1) is 17.5. The van der Waals surface area contributed by atoms with Crippen LogP contribution < -0.4 is 24.6 Å². The van der Waals surface area contributed by atoms with Crippen molar-refractivity contribution in [2.24, 2.45) is 0 Å². The molecule has 5 rings (SSSR count). The van der Waals surface area contributed by atoms with Crippen LogP contribution in [-0.2, 0) is 0 Å². The van der Waals surface area contributed by atoms with E-state index in [0.29, 0.717) is 44.7 Å². The molecule has 2 heterocycles. The van der Waals surface area contributed by atoms with Crippen molar-refractivity contribution in [1.29, 1.82) is 0 Å². The van der Waals surface area contributed by atoms with E-state index in [2.05, 4.69) is 20.9 Å². The van der Waals surface area contributed by atoms with Gasteiger partial charge < -0.3 is 9.47 Å². The van der Waals surface area contributed by atoms with Crippen LogP contribution >= 0.6 is 27.7 Å². The molecule has 1 N–H and O–H groups in total. The summed E-state index contributed by atoms with van der Waals surface area (Å²) in [5, 5.41) is 5.17. The third kappa shape index (κ3) is 3.96. The Bertz CT molecular complexity index is 1530. The fraction of sp³-hybridized carbons (Fsp3) is 0.154. The largest absolute Gasteiger partial charge is 0.493 e. The summed E-state index contributed by atoms with van der Waals surface area (Å²) >= 11 is 4.86. The molecule has 1 aliphatic rings. The first-order valence-corrected chi connectivity index (χ1v) is 13.0. The number of hydrogen-bond donors (Lipinski definition) is 1. The van der Waals surface area contributed by atoms with Crippen LogP contribution in [0.4, 0.5) is 5.69 Å². The van der Waals surface area contributed by atoms with Crippen molar-refractivity contribution in [3.05, 3.63) is 92.7 Å². The zero-order chi connectivity index (χ0) is 25.4. The molecule has 182 valence electrons. The maximum absolute atomic E-state index is 14.1. The van der Waals surface area contributed by atoms with Crippen LogP contribution in [0.25, 0.3) is 11.3 Å². The predicted octanol–water partition coefficient (Wildman–Crippen LogP) is 4.43. The molecule has 0 spiro atoms. The molecule has 36 heavy (non-hydrogen) atoms. The van der Waals surface area contributed by atoms with E-state index in [0.717, 1.165) is 4.47 Å². The lowest BCUT2D eigenvalue weighted by Gasteiger charge is -2.33. The second-order valence-corrected chi connectivity index (χ2v) is 9.63. The monoisotopic (exact) mass is 565 g/mol. The minimum atomic E-state index is -0.850. The van der Waals surface area contributed by atoms with Crippen LogP contribution in [-0.4, -0.2) is 36.5 Å². The van der Waals surface area contributed by atoms with Crippen molar-refractivity contribution in [2.45, 2.75) is 11.3 Å². The zero-order valence-corrected chi connectivity index (χ0v) is 22.1. The number of para-hydroxylation sites is 1. The molecular weight excluding hydrogens is 544 g/mol. The number of fused-ring (bicyclic) bond motifs is 3. The lowest BCUT2D eigenvalue weighted by molar-refractivity contribution is -0.763. The maximum Gasteiger partial charge on any atom is 0.325 e. The van der Waals surface area contributed by atoms with Crippen molar-refractivity contribution in [3.63, 3.8) is 0 Å². The van der Waals surface area contributed by atoms with Gasteiger partial charge in [-0.2, -0.15) is 0 Å². The molecule has 0 aliphatic carbocycles. The highest BCUT2D eigenvalue weighted by Gasteiger charge is 2.47. The molecule has 3 aromatic carbocycles. The molecule has 0 saturated carbocycles. The maximum atomic E-state index is 14.1. The first kappa shape index (κ1) is 24.1. The van der Waals surface area contributed by atoms with Gasteiger partial charge in [-0.25, -0.2) is 4.90 Å². The molecule has 1 atom stereocenters. The van der Waals surface area contributed by atoms with Gasteiger partial charge in [0.25, 0.3) is 12.1 Å². The van der Waals surface area contributed by atoms with E-state index in [4.69, 9.17) is 14.6 Å². The minimum absolute atomic E-state index is 0.250. The minimum Gasteiger partial charge on any atom is -0.493 e. The molecule has 0 fully saturated rings. The Morgan fingerprint density at radius 1 is 1.08 bits per heavy atom. The van der Waals surface area contributed by atoms with Crippen molar-refractivity contribution in [3.8, 4) is 22.8 Å². The summed E-state index contributed by atoms with van der Waals surface area (Å²) in [5.41, 5.74) is 2.31. The summed E-state index contributed by atoms with van der Waals surface area (Å²) in [6, 6.07) is 20.0. The van der Waals surface area contributed by atoms with Crippen LogP contribution in [0.1, 0.15) is 22.1 Å². The number of aromatic amines is 1. The Morgan fingerprint density at radius 3 is 2.50 bits per heavy atom. The van der Waals surface area contributed by atoms with Crippen LogP contribution in [0.15, 0.2) is 81.2 Å². The average Bonchev–Trinajstić information content (AvgIpc) is 2.91. The molecule has 10 heteroatoms. The number of nitrogens with zero attached hydrogens (tertiary/aromatic N) is 3. The van der Waals surface area contributed by atoms with Gasteiger partial charge in [0.05, 0.1) is 31.0 Å². The molecule has 4 aromatic rings. The van der Waals surface area contributed by atoms with E-state index < -0.39 is 6.17 Å². The zero-order valence-electron chi connectivity index (χ0n) is 19.7. The Kier molecular flexibility index (Phi) is 6.55. The normalized spacial score (nSPS) is 14.1. The van der Waals surface area contributed by atoms with Gasteiger partial charge in [-0.05, 0) is 47.3 Å². The van der Waals surface area contributed by atoms with Gasteiger partial charge in [-0.15, -0.1) is 0 Å². The molecule has 0 bridgehead atoms. The fourth-order valence-corrected chi connectivity index (χ4v) is 5.25. The second-order valence-electron chi connectivity index (χ2n) is 7.92. The van der Waals surface area contributed by atoms with Gasteiger partial charge in [0.15, 0.2) is 11.5 Å². The van der Waals surface area contributed by atoms with Gasteiger partial charge in [0.1, 0.15) is 0 Å². The van der Waals surface area contributed by atoms with Crippen molar-refractivity contribution >= 4 is 39.3 Å². The highest BCUT2D eigenvalue weighted by atomic mass is 79.9. The lowest BCUT2D eigenvalue weighted by Crippen LogP contribution is -2.61. The number of benzene rings is 3. The van der Waals surface area contributed by atoms with Crippen molar-refractivity contribution < 1.29 is 19.0 Å². The molecule has 8 nitrogen and oxygen atoms in total. The summed E-state index contributed by atoms with van der Waals surface area (Å²) < 4.78 is 13.7. The van der Waals surface area contributed by atoms with Crippen molar-refractivity contribution in [1.82, 2.24) is 10.1 Å². The number of H-pyrrole nitrogens is 1. The molecule has 0 radical (unpaired) electrons. The molecule has 1 aromatic heterocycles. The average molecular weight is 566 g/mol. The number of halogens is 1. The number of carbonyl (C=O) groups is 1. The van der Waals surface area contributed by atoms with E-state index in [1.165, 1.54) is 11.8 Å². The summed E-state index contributed by atoms with van der Waals surface area (Å²) in [6.45, 7) is 0. The van der Waals surface area contributed by atoms with Gasteiger partial charge in [0.2, 0.25) is 5.16 Å². The number of thioether (sulfide) groups is 1. The smallest absolute Gasteiger partial charge is 0.325 e. The lowest BCUT2D eigenvalue weighted by atomic mass is 9.99. The van der Waals surface area contributed by atoms with Gasteiger partial charge in [0, 0.05) is 15.1 Å². The summed E-state index contributed by atoms with van der Waals surface area (Å²) in [5.74, 6) is 0.659. The first-order valence-electron chi connectivity index (χ1n) is 11.0. The van der Waals surface area contributed by atoms with Crippen LogP contribution in [0.3, 0.4) is 0 Å². The summed E-state index contributed by atoms with van der Waals surface area (Å²) in [7, 11) is 3.09. The Labute approximate surface area is 220 Å². The van der Waals surface area contributed by atoms with Gasteiger partial charge in [-0.1, -0.05) is 58.0 Å². The van der Waals surface area contributed by atoms with Crippen LogP contribution in [0.2, 0.25) is 0 Å². The van der Waals surface area contributed by atoms with E-state index in [1.54, 1.807) is 42.0 Å². The van der Waals surface area contributed by atoms with E-state index in [1.807, 2.05) is 54.8 Å². The number of nitrogens with one attached hydrogen (secondary N) is 1. The molecule has 1 aliphatic heterocycles. The third-order valence-electron chi connectivity index (χ3n) is 5.94. The van der Waals surface area contributed by atoms with Gasteiger partial charge >= 0.3 is 11.3 Å². The Hall–Kier alpha value is -3.63. The molecular formula is C26H22BrN4O4S+. The van der Waals surface area contributed by atoms with Crippen LogP contribution in [0.5, 0.6) is 11.5 Å².